The molecular formula is C9H15NO6. The first-order valence-electron chi connectivity index (χ1n) is 4.47. The van der Waals surface area contributed by atoms with Gasteiger partial charge in [-0.25, -0.2) is 14.4 Å². The first-order chi connectivity index (χ1) is 7.17. The van der Waals surface area contributed by atoms with Crippen molar-refractivity contribution in [1.29, 1.82) is 0 Å². The van der Waals surface area contributed by atoms with Gasteiger partial charge in [-0.05, 0) is 20.8 Å². The fraction of sp³-hybridized carbons (Fsp3) is 0.667. The largest absolute Gasteiger partial charge is 0.479 e. The molecule has 0 fully saturated rings. The highest BCUT2D eigenvalue weighted by Gasteiger charge is 2.30. The van der Waals surface area contributed by atoms with E-state index in [-0.39, 0.29) is 0 Å². The molecule has 0 aromatic heterocycles. The van der Waals surface area contributed by atoms with Gasteiger partial charge in [0, 0.05) is 0 Å². The molecular weight excluding hydrogens is 218 g/mol. The number of carboxylic acids is 1. The first-order valence-corrected chi connectivity index (χ1v) is 4.47. The summed E-state index contributed by atoms with van der Waals surface area (Å²) in [4.78, 5) is 32.8. The molecule has 0 heterocycles. The lowest BCUT2D eigenvalue weighted by molar-refractivity contribution is -0.153. The van der Waals surface area contributed by atoms with Crippen LogP contribution in [0.3, 0.4) is 0 Å². The number of methoxy groups -OCH3 is 1. The average molecular weight is 233 g/mol. The van der Waals surface area contributed by atoms with Crippen LogP contribution in [0, 0.1) is 0 Å². The van der Waals surface area contributed by atoms with Gasteiger partial charge in [0.2, 0.25) is 6.04 Å². The summed E-state index contributed by atoms with van der Waals surface area (Å²) in [6, 6.07) is -1.76. The Morgan fingerprint density at radius 3 is 2.06 bits per heavy atom. The topological polar surface area (TPSA) is 102 Å². The summed E-state index contributed by atoms with van der Waals surface area (Å²) in [7, 11) is 1.02. The molecule has 1 atom stereocenters. The van der Waals surface area contributed by atoms with Crippen molar-refractivity contribution in [3.8, 4) is 0 Å². The zero-order valence-electron chi connectivity index (χ0n) is 9.57. The Bertz CT molecular complexity index is 293. The molecule has 0 unspecified atom stereocenters. The van der Waals surface area contributed by atoms with Crippen molar-refractivity contribution in [2.45, 2.75) is 32.4 Å². The van der Waals surface area contributed by atoms with Crippen molar-refractivity contribution in [1.82, 2.24) is 5.32 Å². The summed E-state index contributed by atoms with van der Waals surface area (Å²) in [5, 5.41) is 10.5. The van der Waals surface area contributed by atoms with Crippen LogP contribution < -0.4 is 5.32 Å². The maximum absolute atomic E-state index is 11.2. The summed E-state index contributed by atoms with van der Waals surface area (Å²) in [6.07, 6.45) is -0.995. The lowest BCUT2D eigenvalue weighted by Crippen LogP contribution is -2.48. The van der Waals surface area contributed by atoms with Crippen molar-refractivity contribution >= 4 is 18.0 Å². The maximum Gasteiger partial charge on any atom is 0.408 e. The van der Waals surface area contributed by atoms with Crippen LogP contribution in [0.15, 0.2) is 0 Å². The highest BCUT2D eigenvalue weighted by Crippen LogP contribution is 2.06. The van der Waals surface area contributed by atoms with E-state index in [1.807, 2.05) is 5.32 Å². The molecule has 2 N–H and O–H groups in total. The van der Waals surface area contributed by atoms with E-state index in [2.05, 4.69) is 4.74 Å². The molecule has 0 bridgehead atoms. The van der Waals surface area contributed by atoms with Crippen molar-refractivity contribution in [3.63, 3.8) is 0 Å². The number of hydrogen-bond acceptors (Lipinski definition) is 5. The van der Waals surface area contributed by atoms with Crippen LogP contribution in [0.1, 0.15) is 20.8 Å². The quantitative estimate of drug-likeness (QED) is 0.531. The van der Waals surface area contributed by atoms with Gasteiger partial charge >= 0.3 is 18.0 Å². The minimum absolute atomic E-state index is 0.775. The molecule has 0 radical (unpaired) electrons. The Balaban J connectivity index is 4.48. The van der Waals surface area contributed by atoms with Gasteiger partial charge in [0.1, 0.15) is 5.60 Å². The number of aliphatic carboxylic acids is 1. The summed E-state index contributed by atoms with van der Waals surface area (Å²) in [5.41, 5.74) is -0.775. The number of rotatable bonds is 3. The van der Waals surface area contributed by atoms with E-state index in [1.165, 1.54) is 0 Å². The third kappa shape index (κ3) is 5.18. The van der Waals surface area contributed by atoms with E-state index < -0.39 is 29.7 Å². The van der Waals surface area contributed by atoms with Crippen LogP contribution in [-0.4, -0.2) is 41.9 Å². The highest BCUT2D eigenvalue weighted by molar-refractivity contribution is 6.00. The van der Waals surface area contributed by atoms with Gasteiger partial charge in [-0.2, -0.15) is 0 Å². The zero-order chi connectivity index (χ0) is 12.9. The number of esters is 1. The second-order valence-electron chi connectivity index (χ2n) is 3.94. The smallest absolute Gasteiger partial charge is 0.408 e. The number of hydrogen-bond donors (Lipinski definition) is 2. The standard InChI is InChI=1S/C9H15NO6/c1-9(2,3)16-8(14)10-5(6(11)12)7(13)15-4/h5H,1-4H3,(H,10,14)(H,11,12)/t5-/m1/s1. The monoisotopic (exact) mass is 233 g/mol. The van der Waals surface area contributed by atoms with Crippen molar-refractivity contribution in [2.75, 3.05) is 7.11 Å². The van der Waals surface area contributed by atoms with E-state index in [4.69, 9.17) is 9.84 Å². The molecule has 0 saturated heterocycles. The van der Waals surface area contributed by atoms with Crippen LogP contribution in [0.4, 0.5) is 4.79 Å². The van der Waals surface area contributed by atoms with E-state index >= 15 is 0 Å². The summed E-state index contributed by atoms with van der Waals surface area (Å²) in [5.74, 6) is -2.59. The third-order valence-corrected chi connectivity index (χ3v) is 1.34. The van der Waals surface area contributed by atoms with E-state index in [9.17, 15) is 14.4 Å². The second-order valence-corrected chi connectivity index (χ2v) is 3.94. The van der Waals surface area contributed by atoms with Crippen molar-refractivity contribution < 1.29 is 29.0 Å². The lowest BCUT2D eigenvalue weighted by Gasteiger charge is -2.21. The molecule has 16 heavy (non-hydrogen) atoms. The summed E-state index contributed by atoms with van der Waals surface area (Å²) >= 11 is 0. The molecule has 92 valence electrons. The Morgan fingerprint density at radius 2 is 1.75 bits per heavy atom. The number of carbonyl (C=O) groups is 3. The molecule has 0 rings (SSSR count). The van der Waals surface area contributed by atoms with Crippen LogP contribution in [0.2, 0.25) is 0 Å². The van der Waals surface area contributed by atoms with E-state index in [1.54, 1.807) is 20.8 Å². The maximum atomic E-state index is 11.2. The average Bonchev–Trinajstić information content (AvgIpc) is 2.09. The van der Waals surface area contributed by atoms with Crippen LogP contribution in [0.25, 0.3) is 0 Å². The number of nitrogens with one attached hydrogen (secondary N) is 1. The lowest BCUT2D eigenvalue weighted by atomic mass is 10.2. The third-order valence-electron chi connectivity index (χ3n) is 1.34. The molecule has 0 saturated carbocycles. The fourth-order valence-corrected chi connectivity index (χ4v) is 0.765. The van der Waals surface area contributed by atoms with E-state index in [0.717, 1.165) is 7.11 Å². The fourth-order valence-electron chi connectivity index (χ4n) is 0.765. The van der Waals surface area contributed by atoms with Gasteiger partial charge in [0.25, 0.3) is 0 Å². The van der Waals surface area contributed by atoms with Gasteiger partial charge in [-0.3, -0.25) is 5.32 Å². The molecule has 0 aromatic carbocycles. The summed E-state index contributed by atoms with van der Waals surface area (Å²) < 4.78 is 9.01. The number of alkyl carbamates (subject to hydrolysis) is 1. The molecule has 0 aliphatic rings. The van der Waals surface area contributed by atoms with Gasteiger partial charge in [0.05, 0.1) is 7.11 Å². The first kappa shape index (κ1) is 14.2. The van der Waals surface area contributed by atoms with Crippen molar-refractivity contribution in [2.24, 2.45) is 0 Å². The Morgan fingerprint density at radius 1 is 1.25 bits per heavy atom. The second kappa shape index (κ2) is 5.34. The number of carbonyl (C=O) groups excluding carboxylic acids is 2. The predicted octanol–water partition coefficient (Wildman–Crippen LogP) is 0.137. The molecule has 0 aliphatic heterocycles. The molecule has 7 heteroatoms. The number of carboxylic acid groups (broad SMARTS) is 1. The van der Waals surface area contributed by atoms with Crippen LogP contribution >= 0.6 is 0 Å². The summed E-state index contributed by atoms with van der Waals surface area (Å²) in [6.45, 7) is 4.83. The minimum atomic E-state index is -1.76. The Hall–Kier alpha value is -1.79. The van der Waals surface area contributed by atoms with Gasteiger partial charge < -0.3 is 14.6 Å². The van der Waals surface area contributed by atoms with Gasteiger partial charge in [-0.1, -0.05) is 0 Å². The van der Waals surface area contributed by atoms with Crippen LogP contribution in [-0.2, 0) is 19.1 Å². The predicted molar refractivity (Wildman–Crippen MR) is 52.8 cm³/mol. The molecule has 0 spiro atoms. The molecule has 0 aliphatic carbocycles. The molecule has 0 aromatic rings. The van der Waals surface area contributed by atoms with Crippen molar-refractivity contribution in [3.05, 3.63) is 0 Å². The van der Waals surface area contributed by atoms with E-state index in [0.29, 0.717) is 0 Å². The number of amides is 1. The molecule has 7 nitrogen and oxygen atoms in total. The number of ether oxygens (including phenoxy) is 2. The SMILES string of the molecule is COC(=O)[C@H](NC(=O)OC(C)(C)C)C(=O)O. The van der Waals surface area contributed by atoms with Gasteiger partial charge in [0.15, 0.2) is 0 Å². The Labute approximate surface area is 92.7 Å². The Kier molecular flexibility index (Phi) is 4.74. The van der Waals surface area contributed by atoms with Gasteiger partial charge in [-0.15, -0.1) is 0 Å². The normalized spacial score (nSPS) is 12.5. The molecule has 1 amide bonds. The zero-order valence-corrected chi connectivity index (χ0v) is 9.57. The van der Waals surface area contributed by atoms with Crippen LogP contribution in [0.5, 0.6) is 0 Å². The highest BCUT2D eigenvalue weighted by atomic mass is 16.6. The minimum Gasteiger partial charge on any atom is -0.479 e.